The maximum absolute atomic E-state index is 5.86. The van der Waals surface area contributed by atoms with Crippen molar-refractivity contribution in [2.45, 2.75) is 38.8 Å². The maximum Gasteiger partial charge on any atom is 0.243 e. The van der Waals surface area contributed by atoms with Gasteiger partial charge < -0.3 is 15.0 Å². The standard InChI is InChI=1S/C12H22N4O2/c1-3-5-16-6-7-17-10(8-16)11-14-12(18-15-11)9(13)4-2/h9-10H,3-8,13H2,1-2H3/t9-,10?/m0/s1. The Labute approximate surface area is 107 Å². The summed E-state index contributed by atoms with van der Waals surface area (Å²) in [5.74, 6) is 1.12. The zero-order valence-corrected chi connectivity index (χ0v) is 11.1. The minimum atomic E-state index is -0.179. The average molecular weight is 254 g/mol. The van der Waals surface area contributed by atoms with Crippen LogP contribution in [0.4, 0.5) is 0 Å². The van der Waals surface area contributed by atoms with Gasteiger partial charge in [-0.25, -0.2) is 0 Å². The molecule has 0 amide bonds. The molecule has 2 atom stereocenters. The van der Waals surface area contributed by atoms with Crippen LogP contribution in [0.2, 0.25) is 0 Å². The van der Waals surface area contributed by atoms with Crippen molar-refractivity contribution in [2.24, 2.45) is 5.73 Å². The Morgan fingerprint density at radius 2 is 2.33 bits per heavy atom. The first kappa shape index (κ1) is 13.5. The van der Waals surface area contributed by atoms with Gasteiger partial charge in [0.15, 0.2) is 0 Å². The van der Waals surface area contributed by atoms with Crippen LogP contribution in [0, 0.1) is 0 Å². The molecular formula is C12H22N4O2. The number of hydrogen-bond donors (Lipinski definition) is 1. The van der Waals surface area contributed by atoms with E-state index in [1.165, 1.54) is 0 Å². The third-order valence-electron chi connectivity index (χ3n) is 3.19. The summed E-state index contributed by atoms with van der Waals surface area (Å²) in [4.78, 5) is 6.71. The largest absolute Gasteiger partial charge is 0.367 e. The van der Waals surface area contributed by atoms with E-state index in [0.717, 1.165) is 32.5 Å². The average Bonchev–Trinajstić information content (AvgIpc) is 2.88. The molecule has 0 spiro atoms. The fourth-order valence-electron chi connectivity index (χ4n) is 2.08. The van der Waals surface area contributed by atoms with Gasteiger partial charge in [-0.2, -0.15) is 4.98 Å². The van der Waals surface area contributed by atoms with Gasteiger partial charge >= 0.3 is 0 Å². The molecule has 0 saturated carbocycles. The summed E-state index contributed by atoms with van der Waals surface area (Å²) >= 11 is 0. The summed E-state index contributed by atoms with van der Waals surface area (Å²) in [6.45, 7) is 7.77. The van der Waals surface area contributed by atoms with Crippen LogP contribution in [0.25, 0.3) is 0 Å². The molecule has 1 unspecified atom stereocenters. The molecule has 102 valence electrons. The third-order valence-corrected chi connectivity index (χ3v) is 3.19. The Kier molecular flexibility index (Phi) is 4.68. The second kappa shape index (κ2) is 6.26. The van der Waals surface area contributed by atoms with Gasteiger partial charge in [-0.1, -0.05) is 19.0 Å². The van der Waals surface area contributed by atoms with Gasteiger partial charge in [-0.05, 0) is 19.4 Å². The van der Waals surface area contributed by atoms with Crippen molar-refractivity contribution in [3.05, 3.63) is 11.7 Å². The summed E-state index contributed by atoms with van der Waals surface area (Å²) in [7, 11) is 0. The van der Waals surface area contributed by atoms with Crippen LogP contribution in [-0.4, -0.2) is 41.3 Å². The Morgan fingerprint density at radius 1 is 1.50 bits per heavy atom. The van der Waals surface area contributed by atoms with Gasteiger partial charge in [0.05, 0.1) is 12.6 Å². The van der Waals surface area contributed by atoms with Crippen molar-refractivity contribution in [1.82, 2.24) is 15.0 Å². The number of hydrogen-bond acceptors (Lipinski definition) is 6. The van der Waals surface area contributed by atoms with E-state index in [4.69, 9.17) is 15.0 Å². The number of nitrogens with zero attached hydrogens (tertiary/aromatic N) is 3. The minimum absolute atomic E-state index is 0.0909. The highest BCUT2D eigenvalue weighted by Gasteiger charge is 2.26. The highest BCUT2D eigenvalue weighted by molar-refractivity contribution is 4.96. The molecule has 6 heteroatoms. The first-order valence-electron chi connectivity index (χ1n) is 6.67. The van der Waals surface area contributed by atoms with Gasteiger partial charge in [0.1, 0.15) is 6.10 Å². The molecule has 1 aliphatic rings. The summed E-state index contributed by atoms with van der Waals surface area (Å²) in [6, 6.07) is -0.179. The zero-order chi connectivity index (χ0) is 13.0. The molecule has 0 bridgehead atoms. The number of aromatic nitrogens is 2. The Bertz CT molecular complexity index is 367. The summed E-state index contributed by atoms with van der Waals surface area (Å²) < 4.78 is 10.9. The van der Waals surface area contributed by atoms with Gasteiger partial charge in [-0.3, -0.25) is 4.90 Å². The molecule has 1 aliphatic heterocycles. The van der Waals surface area contributed by atoms with Crippen molar-refractivity contribution in [3.8, 4) is 0 Å². The predicted molar refractivity (Wildman–Crippen MR) is 66.9 cm³/mol. The quantitative estimate of drug-likeness (QED) is 0.852. The first-order valence-corrected chi connectivity index (χ1v) is 6.67. The lowest BCUT2D eigenvalue weighted by molar-refractivity contribution is -0.0350. The molecule has 18 heavy (non-hydrogen) atoms. The summed E-state index contributed by atoms with van der Waals surface area (Å²) in [6.07, 6.45) is 1.84. The molecule has 1 saturated heterocycles. The SMILES string of the molecule is CCCN1CCOC(c2noc([C@@H](N)CC)n2)C1. The lowest BCUT2D eigenvalue weighted by Crippen LogP contribution is -2.39. The summed E-state index contributed by atoms with van der Waals surface area (Å²) in [5, 5.41) is 3.99. The van der Waals surface area contributed by atoms with E-state index in [2.05, 4.69) is 22.0 Å². The van der Waals surface area contributed by atoms with Crippen molar-refractivity contribution in [1.29, 1.82) is 0 Å². The van der Waals surface area contributed by atoms with Crippen molar-refractivity contribution in [2.75, 3.05) is 26.2 Å². The molecule has 1 aromatic rings. The van der Waals surface area contributed by atoms with E-state index >= 15 is 0 Å². The highest BCUT2D eigenvalue weighted by atomic mass is 16.5. The lowest BCUT2D eigenvalue weighted by atomic mass is 10.2. The monoisotopic (exact) mass is 254 g/mol. The number of ether oxygens (including phenoxy) is 1. The smallest absolute Gasteiger partial charge is 0.243 e. The molecule has 6 nitrogen and oxygen atoms in total. The molecule has 2 rings (SSSR count). The third kappa shape index (κ3) is 3.07. The van der Waals surface area contributed by atoms with E-state index in [-0.39, 0.29) is 12.1 Å². The fourth-order valence-corrected chi connectivity index (χ4v) is 2.08. The lowest BCUT2D eigenvalue weighted by Gasteiger charge is -2.30. The van der Waals surface area contributed by atoms with Crippen LogP contribution in [0.3, 0.4) is 0 Å². The number of rotatable bonds is 5. The molecular weight excluding hydrogens is 232 g/mol. The maximum atomic E-state index is 5.86. The van der Waals surface area contributed by atoms with Crippen LogP contribution in [0.1, 0.15) is 50.6 Å². The second-order valence-electron chi connectivity index (χ2n) is 4.67. The van der Waals surface area contributed by atoms with Gasteiger partial charge in [0.25, 0.3) is 0 Å². The van der Waals surface area contributed by atoms with Crippen LogP contribution >= 0.6 is 0 Å². The van der Waals surface area contributed by atoms with E-state index in [1.54, 1.807) is 0 Å². The molecule has 0 aliphatic carbocycles. The van der Waals surface area contributed by atoms with Crippen LogP contribution in [-0.2, 0) is 4.74 Å². The number of morpholine rings is 1. The van der Waals surface area contributed by atoms with Crippen LogP contribution in [0.15, 0.2) is 4.52 Å². The molecule has 1 aromatic heterocycles. The topological polar surface area (TPSA) is 77.4 Å². The van der Waals surface area contributed by atoms with Crippen molar-refractivity contribution < 1.29 is 9.26 Å². The van der Waals surface area contributed by atoms with E-state index in [0.29, 0.717) is 18.3 Å². The van der Waals surface area contributed by atoms with Gasteiger partial charge in [0, 0.05) is 13.1 Å². The Balaban J connectivity index is 2.00. The molecule has 0 radical (unpaired) electrons. The highest BCUT2D eigenvalue weighted by Crippen LogP contribution is 2.21. The Hall–Kier alpha value is -0.980. The fraction of sp³-hybridized carbons (Fsp3) is 0.833. The second-order valence-corrected chi connectivity index (χ2v) is 4.67. The van der Waals surface area contributed by atoms with Crippen molar-refractivity contribution >= 4 is 0 Å². The molecule has 2 N–H and O–H groups in total. The molecule has 0 aromatic carbocycles. The normalized spacial score (nSPS) is 23.2. The predicted octanol–water partition coefficient (Wildman–Crippen LogP) is 1.26. The van der Waals surface area contributed by atoms with E-state index < -0.39 is 0 Å². The summed E-state index contributed by atoms with van der Waals surface area (Å²) in [5.41, 5.74) is 5.86. The number of nitrogens with two attached hydrogens (primary N) is 1. The van der Waals surface area contributed by atoms with E-state index in [1.807, 2.05) is 6.92 Å². The Morgan fingerprint density at radius 3 is 3.06 bits per heavy atom. The van der Waals surface area contributed by atoms with Gasteiger partial charge in [-0.15, -0.1) is 0 Å². The molecule has 2 heterocycles. The first-order chi connectivity index (χ1) is 8.74. The van der Waals surface area contributed by atoms with Crippen LogP contribution < -0.4 is 5.73 Å². The van der Waals surface area contributed by atoms with Gasteiger partial charge in [0.2, 0.25) is 11.7 Å². The van der Waals surface area contributed by atoms with Crippen LogP contribution in [0.5, 0.6) is 0 Å². The molecule has 1 fully saturated rings. The van der Waals surface area contributed by atoms with E-state index in [9.17, 15) is 0 Å². The van der Waals surface area contributed by atoms with Crippen molar-refractivity contribution in [3.63, 3.8) is 0 Å². The zero-order valence-electron chi connectivity index (χ0n) is 11.1. The minimum Gasteiger partial charge on any atom is -0.367 e.